The summed E-state index contributed by atoms with van der Waals surface area (Å²) >= 11 is 0. The van der Waals surface area contributed by atoms with Crippen molar-refractivity contribution in [2.24, 2.45) is 0 Å². The van der Waals surface area contributed by atoms with Gasteiger partial charge in [0.25, 0.3) is 5.56 Å². The van der Waals surface area contributed by atoms with Gasteiger partial charge in [0.05, 0.1) is 17.9 Å². The van der Waals surface area contributed by atoms with E-state index in [4.69, 9.17) is 18.9 Å². The first kappa shape index (κ1) is 28.9. The molecule has 0 radical (unpaired) electrons. The first-order chi connectivity index (χ1) is 18.3. The first-order valence-electron chi connectivity index (χ1n) is 11.9. The monoisotopic (exact) mass is 546 g/mol. The van der Waals surface area contributed by atoms with Gasteiger partial charge in [0.2, 0.25) is 0 Å². The number of anilines is 4. The molecule has 3 rings (SSSR count). The fourth-order valence-corrected chi connectivity index (χ4v) is 4.15. The number of nitrogens with zero attached hydrogens (tertiary/aromatic N) is 1. The molecule has 0 amide bonds. The van der Waals surface area contributed by atoms with Crippen LogP contribution in [-0.4, -0.2) is 65.3 Å². The lowest BCUT2D eigenvalue weighted by atomic mass is 10.0. The van der Waals surface area contributed by atoms with Gasteiger partial charge in [-0.05, 0) is 37.1 Å². The molecule has 0 fully saturated rings. The number of carbonyl (C=O) groups is 4. The maximum Gasteiger partial charge on any atom is 0.327 e. The number of aromatic amines is 2. The van der Waals surface area contributed by atoms with E-state index in [9.17, 15) is 28.8 Å². The fraction of sp³-hybridized carbons (Fsp3) is 0.440. The van der Waals surface area contributed by atoms with Gasteiger partial charge in [-0.3, -0.25) is 33.9 Å². The molecule has 1 aromatic carbocycles. The van der Waals surface area contributed by atoms with Crippen LogP contribution in [0.15, 0.2) is 21.7 Å². The number of fused-ring (bicyclic) bond motifs is 2. The highest BCUT2D eigenvalue weighted by Crippen LogP contribution is 2.42. The second-order valence-electron chi connectivity index (χ2n) is 8.99. The molecule has 0 unspecified atom stereocenters. The number of ether oxygens (including phenoxy) is 4. The highest BCUT2D eigenvalue weighted by Gasteiger charge is 2.40. The lowest BCUT2D eigenvalue weighted by molar-refractivity contribution is -0.188. The second-order valence-corrected chi connectivity index (χ2v) is 8.99. The summed E-state index contributed by atoms with van der Waals surface area (Å²) in [6.45, 7) is 7.44. The van der Waals surface area contributed by atoms with Gasteiger partial charge < -0.3 is 29.2 Å². The van der Waals surface area contributed by atoms with Crippen molar-refractivity contribution in [2.75, 3.05) is 23.4 Å². The van der Waals surface area contributed by atoms with Crippen molar-refractivity contribution >= 4 is 46.8 Å². The van der Waals surface area contributed by atoms with Crippen LogP contribution in [0.5, 0.6) is 0 Å². The summed E-state index contributed by atoms with van der Waals surface area (Å²) in [6, 6.07) is 3.60. The zero-order valence-corrected chi connectivity index (χ0v) is 22.3. The fourth-order valence-electron chi connectivity index (χ4n) is 4.15. The van der Waals surface area contributed by atoms with E-state index in [1.807, 2.05) is 13.8 Å². The van der Waals surface area contributed by atoms with Crippen molar-refractivity contribution in [1.29, 1.82) is 0 Å². The third-order valence-corrected chi connectivity index (χ3v) is 5.84. The second kappa shape index (κ2) is 11.8. The van der Waals surface area contributed by atoms with Gasteiger partial charge in [0.1, 0.15) is 18.1 Å². The zero-order valence-electron chi connectivity index (χ0n) is 22.3. The molecular weight excluding hydrogens is 516 g/mol. The average molecular weight is 547 g/mol. The van der Waals surface area contributed by atoms with E-state index in [0.717, 1.165) is 38.8 Å². The molecule has 2 heterocycles. The van der Waals surface area contributed by atoms with Crippen LogP contribution in [0.3, 0.4) is 0 Å². The summed E-state index contributed by atoms with van der Waals surface area (Å²) in [5, 5.41) is 3.02. The highest BCUT2D eigenvalue weighted by molar-refractivity contribution is 5.90. The summed E-state index contributed by atoms with van der Waals surface area (Å²) in [4.78, 5) is 78.9. The summed E-state index contributed by atoms with van der Waals surface area (Å²) in [7, 11) is 0. The van der Waals surface area contributed by atoms with E-state index < -0.39 is 60.0 Å². The average Bonchev–Trinajstić information content (AvgIpc) is 2.80. The number of aryl methyl sites for hydroxylation is 2. The van der Waals surface area contributed by atoms with Crippen molar-refractivity contribution in [3.63, 3.8) is 0 Å². The minimum Gasteiger partial charge on any atom is -0.462 e. The molecular formula is C25H30N4O10. The number of aromatic nitrogens is 2. The standard InChI is InChI=1S/C25H30N4O10/c1-11-7-17-18(8-12(11)2)29(23-21(26-17)24(34)28-25(35)27-23)9-19(37-14(4)31)22(39-16(6)33)20(38-15(5)32)10-36-13(3)30/h7-8,19-20,22,26H,9-10H2,1-6H3,(H2,27,28,34,35)/t19-,20+,22-/m1/s1. The maximum absolute atomic E-state index is 12.7. The molecule has 14 heteroatoms. The molecule has 39 heavy (non-hydrogen) atoms. The van der Waals surface area contributed by atoms with Crippen LogP contribution < -0.4 is 21.5 Å². The smallest absolute Gasteiger partial charge is 0.327 e. The number of hydrogen-bond donors (Lipinski definition) is 3. The number of rotatable bonds is 9. The van der Waals surface area contributed by atoms with E-state index >= 15 is 0 Å². The van der Waals surface area contributed by atoms with Gasteiger partial charge in [0, 0.05) is 27.7 Å². The van der Waals surface area contributed by atoms with E-state index in [0.29, 0.717) is 11.4 Å². The molecule has 1 aliphatic heterocycles. The predicted octanol–water partition coefficient (Wildman–Crippen LogP) is 1.23. The minimum atomic E-state index is -1.45. The van der Waals surface area contributed by atoms with Gasteiger partial charge in [-0.25, -0.2) is 4.79 Å². The van der Waals surface area contributed by atoms with Gasteiger partial charge in [-0.1, -0.05) is 0 Å². The lowest BCUT2D eigenvalue weighted by Crippen LogP contribution is -2.51. The molecule has 14 nitrogen and oxygen atoms in total. The Morgan fingerprint density at radius 2 is 1.41 bits per heavy atom. The Morgan fingerprint density at radius 1 is 0.821 bits per heavy atom. The molecule has 0 spiro atoms. The Balaban J connectivity index is 2.18. The van der Waals surface area contributed by atoms with E-state index in [1.54, 1.807) is 12.1 Å². The number of carbonyl (C=O) groups excluding carboxylic acids is 4. The van der Waals surface area contributed by atoms with Crippen molar-refractivity contribution in [3.8, 4) is 0 Å². The topological polar surface area (TPSA) is 186 Å². The molecule has 3 atom stereocenters. The van der Waals surface area contributed by atoms with Crippen LogP contribution in [0, 0.1) is 13.8 Å². The van der Waals surface area contributed by atoms with Crippen LogP contribution in [0.2, 0.25) is 0 Å². The SMILES string of the molecule is CC(=O)OC[C@H](OC(C)=O)[C@H](OC(C)=O)[C@@H](CN1c2cc(C)c(C)cc2Nc2c1[nH]c(=O)[nH]c2=O)OC(C)=O. The summed E-state index contributed by atoms with van der Waals surface area (Å²) in [6.07, 6.45) is -4.15. The maximum atomic E-state index is 12.7. The number of nitrogens with one attached hydrogen (secondary N) is 3. The Morgan fingerprint density at radius 3 is 2.00 bits per heavy atom. The molecule has 0 saturated heterocycles. The van der Waals surface area contributed by atoms with E-state index in [2.05, 4.69) is 15.3 Å². The molecule has 0 aliphatic carbocycles. The summed E-state index contributed by atoms with van der Waals surface area (Å²) in [5.74, 6) is -2.96. The number of esters is 4. The Kier molecular flexibility index (Phi) is 8.78. The number of benzene rings is 1. The van der Waals surface area contributed by atoms with Crippen LogP contribution in [0.25, 0.3) is 0 Å². The van der Waals surface area contributed by atoms with Gasteiger partial charge in [-0.2, -0.15) is 0 Å². The predicted molar refractivity (Wildman–Crippen MR) is 137 cm³/mol. The lowest BCUT2D eigenvalue weighted by Gasteiger charge is -2.38. The number of hydrogen-bond acceptors (Lipinski definition) is 12. The van der Waals surface area contributed by atoms with Gasteiger partial charge in [-0.15, -0.1) is 0 Å². The normalized spacial score (nSPS) is 14.1. The molecule has 0 saturated carbocycles. The van der Waals surface area contributed by atoms with Crippen LogP contribution in [0.1, 0.15) is 38.8 Å². The summed E-state index contributed by atoms with van der Waals surface area (Å²) in [5.41, 5.74) is 1.36. The summed E-state index contributed by atoms with van der Waals surface area (Å²) < 4.78 is 21.3. The van der Waals surface area contributed by atoms with Gasteiger partial charge in [0.15, 0.2) is 18.3 Å². The van der Waals surface area contributed by atoms with Crippen molar-refractivity contribution in [1.82, 2.24) is 9.97 Å². The Labute approximate surface area is 222 Å². The van der Waals surface area contributed by atoms with Crippen LogP contribution in [0.4, 0.5) is 22.9 Å². The largest absolute Gasteiger partial charge is 0.462 e. The van der Waals surface area contributed by atoms with Crippen LogP contribution in [-0.2, 0) is 38.1 Å². The molecule has 210 valence electrons. The molecule has 1 aliphatic rings. The Bertz CT molecular complexity index is 1410. The van der Waals surface area contributed by atoms with Crippen molar-refractivity contribution < 1.29 is 38.1 Å². The van der Waals surface area contributed by atoms with Crippen molar-refractivity contribution in [2.45, 2.75) is 59.9 Å². The Hall–Kier alpha value is -4.62. The molecule has 0 bridgehead atoms. The highest BCUT2D eigenvalue weighted by atomic mass is 16.6. The molecule has 1 aromatic heterocycles. The number of H-pyrrole nitrogens is 2. The van der Waals surface area contributed by atoms with E-state index in [-0.39, 0.29) is 18.1 Å². The third kappa shape index (κ3) is 7.03. The third-order valence-electron chi connectivity index (χ3n) is 5.84. The quantitative estimate of drug-likeness (QED) is 0.302. The zero-order chi connectivity index (χ0) is 29.0. The van der Waals surface area contributed by atoms with E-state index in [1.165, 1.54) is 4.90 Å². The molecule has 2 aromatic rings. The minimum absolute atomic E-state index is 0.0208. The van der Waals surface area contributed by atoms with Crippen molar-refractivity contribution in [3.05, 3.63) is 44.1 Å². The van der Waals surface area contributed by atoms with Gasteiger partial charge >= 0.3 is 29.6 Å². The van der Waals surface area contributed by atoms with Crippen LogP contribution >= 0.6 is 0 Å². The molecule has 3 N–H and O–H groups in total. The first-order valence-corrected chi connectivity index (χ1v) is 11.9.